The molecule has 1 atom stereocenters. The van der Waals surface area contributed by atoms with E-state index in [4.69, 9.17) is 4.74 Å². The fourth-order valence-corrected chi connectivity index (χ4v) is 3.92. The maximum absolute atomic E-state index is 13.7. The summed E-state index contributed by atoms with van der Waals surface area (Å²) in [6, 6.07) is 7.10. The van der Waals surface area contributed by atoms with E-state index < -0.39 is 0 Å². The van der Waals surface area contributed by atoms with Gasteiger partial charge in [0.1, 0.15) is 5.82 Å². The molecule has 0 N–H and O–H groups in total. The molecular formula is C17H25FN2O. The Kier molecular flexibility index (Phi) is 4.29. The molecule has 0 bridgehead atoms. The number of likely N-dealkylation sites (tertiary alicyclic amines) is 2. The predicted octanol–water partition coefficient (Wildman–Crippen LogP) is 2.37. The van der Waals surface area contributed by atoms with E-state index in [0.717, 1.165) is 38.3 Å². The fourth-order valence-electron chi connectivity index (χ4n) is 3.92. The molecule has 4 heteroatoms. The number of piperidine rings is 1. The number of hydrogen-bond acceptors (Lipinski definition) is 3. The van der Waals surface area contributed by atoms with Crippen LogP contribution in [0.1, 0.15) is 18.4 Å². The summed E-state index contributed by atoms with van der Waals surface area (Å²) in [6.07, 6.45) is 2.42. The van der Waals surface area contributed by atoms with Crippen LogP contribution in [0.2, 0.25) is 0 Å². The van der Waals surface area contributed by atoms with E-state index in [2.05, 4.69) is 16.8 Å². The molecule has 1 spiro atoms. The van der Waals surface area contributed by atoms with Crippen LogP contribution >= 0.6 is 0 Å². The molecule has 0 saturated carbocycles. The molecule has 0 amide bonds. The maximum atomic E-state index is 13.7. The van der Waals surface area contributed by atoms with Gasteiger partial charge in [-0.2, -0.15) is 0 Å². The highest BCUT2D eigenvalue weighted by atomic mass is 19.1. The molecule has 0 unspecified atom stereocenters. The van der Waals surface area contributed by atoms with E-state index in [1.807, 2.05) is 12.1 Å². The Morgan fingerprint density at radius 1 is 1.33 bits per heavy atom. The summed E-state index contributed by atoms with van der Waals surface area (Å²) in [5, 5.41) is 0. The van der Waals surface area contributed by atoms with E-state index in [9.17, 15) is 4.39 Å². The number of hydrogen-bond donors (Lipinski definition) is 0. The number of benzene rings is 1. The Labute approximate surface area is 126 Å². The lowest BCUT2D eigenvalue weighted by Crippen LogP contribution is -2.71. The van der Waals surface area contributed by atoms with Crippen molar-refractivity contribution in [3.63, 3.8) is 0 Å². The first-order valence-electron chi connectivity index (χ1n) is 7.79. The van der Waals surface area contributed by atoms with Crippen molar-refractivity contribution in [2.45, 2.75) is 24.9 Å². The van der Waals surface area contributed by atoms with Gasteiger partial charge in [0, 0.05) is 44.5 Å². The molecule has 2 heterocycles. The Balaban J connectivity index is 1.59. The standard InChI is InChI=1S/C17H25FN2O/c1-19-8-7-14(11-21-2)9-17(19)12-20(13-17)10-15-5-3-4-6-16(15)18/h3-6,14H,7-13H2,1-2H3/t14-/m0/s1. The SMILES string of the molecule is COC[C@H]1CCN(C)C2(C1)CN(Cc1ccccc1F)C2. The van der Waals surface area contributed by atoms with Gasteiger partial charge in [-0.05, 0) is 38.4 Å². The molecule has 2 aliphatic rings. The smallest absolute Gasteiger partial charge is 0.127 e. The van der Waals surface area contributed by atoms with Crippen LogP contribution in [0, 0.1) is 11.7 Å². The molecule has 2 fully saturated rings. The highest BCUT2D eigenvalue weighted by molar-refractivity contribution is 5.18. The molecule has 21 heavy (non-hydrogen) atoms. The van der Waals surface area contributed by atoms with E-state index in [0.29, 0.717) is 5.92 Å². The molecular weight excluding hydrogens is 267 g/mol. The molecule has 3 rings (SSSR count). The minimum Gasteiger partial charge on any atom is -0.384 e. The largest absolute Gasteiger partial charge is 0.384 e. The second-order valence-corrected chi connectivity index (χ2v) is 6.70. The molecule has 1 aromatic carbocycles. The van der Waals surface area contributed by atoms with Crippen LogP contribution in [0.4, 0.5) is 4.39 Å². The van der Waals surface area contributed by atoms with Crippen LogP contribution in [0.5, 0.6) is 0 Å². The van der Waals surface area contributed by atoms with Gasteiger partial charge in [0.15, 0.2) is 0 Å². The van der Waals surface area contributed by atoms with Crippen molar-refractivity contribution < 1.29 is 9.13 Å². The summed E-state index contributed by atoms with van der Waals surface area (Å²) in [7, 11) is 4.01. The Morgan fingerprint density at radius 3 is 2.81 bits per heavy atom. The molecule has 2 aliphatic heterocycles. The van der Waals surface area contributed by atoms with Crippen LogP contribution < -0.4 is 0 Å². The minimum atomic E-state index is -0.0901. The van der Waals surface area contributed by atoms with E-state index in [-0.39, 0.29) is 11.4 Å². The van der Waals surface area contributed by atoms with Gasteiger partial charge in [0.2, 0.25) is 0 Å². The lowest BCUT2D eigenvalue weighted by atomic mass is 9.75. The molecule has 0 aromatic heterocycles. The molecule has 0 radical (unpaired) electrons. The average molecular weight is 292 g/mol. The average Bonchev–Trinajstić information content (AvgIpc) is 2.43. The van der Waals surface area contributed by atoms with Crippen molar-refractivity contribution in [3.8, 4) is 0 Å². The maximum Gasteiger partial charge on any atom is 0.127 e. The summed E-state index contributed by atoms with van der Waals surface area (Å²) in [5.74, 6) is 0.578. The van der Waals surface area contributed by atoms with Gasteiger partial charge in [0.25, 0.3) is 0 Å². The molecule has 1 aromatic rings. The lowest BCUT2D eigenvalue weighted by Gasteiger charge is -2.58. The molecule has 3 nitrogen and oxygen atoms in total. The van der Waals surface area contributed by atoms with Gasteiger partial charge in [-0.1, -0.05) is 18.2 Å². The van der Waals surface area contributed by atoms with Crippen molar-refractivity contribution in [3.05, 3.63) is 35.6 Å². The third kappa shape index (κ3) is 2.98. The first kappa shape index (κ1) is 14.9. The summed E-state index contributed by atoms with van der Waals surface area (Å²) >= 11 is 0. The third-order valence-corrected chi connectivity index (χ3v) is 5.14. The zero-order valence-corrected chi connectivity index (χ0v) is 13.0. The van der Waals surface area contributed by atoms with Crippen molar-refractivity contribution in [1.82, 2.24) is 9.80 Å². The first-order valence-corrected chi connectivity index (χ1v) is 7.79. The first-order chi connectivity index (χ1) is 10.1. The number of likely N-dealkylation sites (N-methyl/N-ethyl adjacent to an activating group) is 1. The van der Waals surface area contributed by atoms with Gasteiger partial charge < -0.3 is 4.74 Å². The van der Waals surface area contributed by atoms with Crippen LogP contribution in [-0.2, 0) is 11.3 Å². The van der Waals surface area contributed by atoms with E-state index in [1.54, 1.807) is 19.2 Å². The Morgan fingerprint density at radius 2 is 2.10 bits per heavy atom. The van der Waals surface area contributed by atoms with Gasteiger partial charge in [-0.15, -0.1) is 0 Å². The number of methoxy groups -OCH3 is 1. The topological polar surface area (TPSA) is 15.7 Å². The van der Waals surface area contributed by atoms with Crippen LogP contribution in [0.15, 0.2) is 24.3 Å². The van der Waals surface area contributed by atoms with Crippen molar-refractivity contribution >= 4 is 0 Å². The Bertz CT molecular complexity index is 487. The number of nitrogens with zero attached hydrogens (tertiary/aromatic N) is 2. The van der Waals surface area contributed by atoms with Gasteiger partial charge in [-0.3, -0.25) is 9.80 Å². The number of ether oxygens (including phenoxy) is 1. The van der Waals surface area contributed by atoms with Crippen molar-refractivity contribution in [2.75, 3.05) is 40.4 Å². The summed E-state index contributed by atoms with van der Waals surface area (Å²) in [4.78, 5) is 4.85. The van der Waals surface area contributed by atoms with Crippen LogP contribution in [0.25, 0.3) is 0 Å². The van der Waals surface area contributed by atoms with Gasteiger partial charge in [0.05, 0.1) is 0 Å². The van der Waals surface area contributed by atoms with E-state index >= 15 is 0 Å². The normalized spacial score (nSPS) is 26.0. The van der Waals surface area contributed by atoms with Gasteiger partial charge >= 0.3 is 0 Å². The Hall–Kier alpha value is -0.970. The summed E-state index contributed by atoms with van der Waals surface area (Å²) < 4.78 is 19.1. The van der Waals surface area contributed by atoms with Crippen LogP contribution in [-0.4, -0.2) is 55.7 Å². The zero-order chi connectivity index (χ0) is 14.9. The number of rotatable bonds is 4. The predicted molar refractivity (Wildman–Crippen MR) is 81.6 cm³/mol. The van der Waals surface area contributed by atoms with E-state index in [1.165, 1.54) is 12.8 Å². The lowest BCUT2D eigenvalue weighted by molar-refractivity contribution is -0.0908. The summed E-state index contributed by atoms with van der Waals surface area (Å²) in [5.41, 5.74) is 1.09. The monoisotopic (exact) mass is 292 g/mol. The summed E-state index contributed by atoms with van der Waals surface area (Å²) in [6.45, 7) is 4.80. The second kappa shape index (κ2) is 6.03. The molecule has 2 saturated heterocycles. The highest BCUT2D eigenvalue weighted by Crippen LogP contribution is 2.38. The highest BCUT2D eigenvalue weighted by Gasteiger charge is 2.49. The zero-order valence-electron chi connectivity index (χ0n) is 13.0. The molecule has 0 aliphatic carbocycles. The second-order valence-electron chi connectivity index (χ2n) is 6.70. The number of halogens is 1. The third-order valence-electron chi connectivity index (χ3n) is 5.14. The van der Waals surface area contributed by atoms with Crippen LogP contribution in [0.3, 0.4) is 0 Å². The fraction of sp³-hybridized carbons (Fsp3) is 0.647. The van der Waals surface area contributed by atoms with Crippen molar-refractivity contribution in [2.24, 2.45) is 5.92 Å². The molecule has 116 valence electrons. The minimum absolute atomic E-state index is 0.0901. The quantitative estimate of drug-likeness (QED) is 0.847. The van der Waals surface area contributed by atoms with Crippen molar-refractivity contribution in [1.29, 1.82) is 0 Å². The van der Waals surface area contributed by atoms with Gasteiger partial charge in [-0.25, -0.2) is 4.39 Å².